The zero-order valence-corrected chi connectivity index (χ0v) is 17.4. The van der Waals surface area contributed by atoms with Gasteiger partial charge >= 0.3 is 0 Å². The highest BCUT2D eigenvalue weighted by atomic mass is 15.0. The van der Waals surface area contributed by atoms with Crippen LogP contribution in [0.4, 0.5) is 0 Å². The predicted molar refractivity (Wildman–Crippen MR) is 128 cm³/mol. The Labute approximate surface area is 175 Å². The van der Waals surface area contributed by atoms with Gasteiger partial charge in [0, 0.05) is 34.3 Å². The molecule has 0 saturated carbocycles. The Hall–Kier alpha value is -3.65. The Balaban J connectivity index is 1.90. The van der Waals surface area contributed by atoms with Gasteiger partial charge in [0.2, 0.25) is 0 Å². The predicted octanol–water partition coefficient (Wildman–Crippen LogP) is 7.32. The molecule has 2 aromatic heterocycles. The molecule has 2 heteroatoms. The lowest BCUT2D eigenvalue weighted by molar-refractivity contribution is 1.01. The van der Waals surface area contributed by atoms with Crippen LogP contribution in [0.1, 0.15) is 11.1 Å². The molecular weight excluding hydrogens is 364 g/mol. The summed E-state index contributed by atoms with van der Waals surface area (Å²) in [6, 6.07) is 28.3. The largest absolute Gasteiger partial charge is 0.342 e. The first-order valence-corrected chi connectivity index (χ1v) is 10.4. The number of para-hydroxylation sites is 1. The second-order valence-corrected chi connectivity index (χ2v) is 8.24. The quantitative estimate of drug-likeness (QED) is 0.289. The van der Waals surface area contributed by atoms with E-state index in [0.29, 0.717) is 0 Å². The van der Waals surface area contributed by atoms with Crippen molar-refractivity contribution in [2.45, 2.75) is 13.8 Å². The number of hydrogen-bond acceptors (Lipinski definition) is 1. The van der Waals surface area contributed by atoms with Crippen LogP contribution in [-0.4, -0.2) is 9.55 Å². The number of nitrogens with zero attached hydrogens (tertiary/aromatic N) is 2. The Morgan fingerprint density at radius 3 is 2.27 bits per heavy atom. The molecule has 0 amide bonds. The Kier molecular flexibility index (Phi) is 3.54. The lowest BCUT2D eigenvalue weighted by atomic mass is 9.97. The van der Waals surface area contributed by atoms with Crippen LogP contribution in [0.25, 0.3) is 54.7 Å². The van der Waals surface area contributed by atoms with Gasteiger partial charge < -0.3 is 4.57 Å². The first-order chi connectivity index (χ1) is 14.6. The molecule has 0 radical (unpaired) electrons. The van der Waals surface area contributed by atoms with Gasteiger partial charge in [0.15, 0.2) is 0 Å². The minimum Gasteiger partial charge on any atom is -0.342 e. The van der Waals surface area contributed by atoms with Crippen molar-refractivity contribution < 1.29 is 0 Å². The molecule has 2 nitrogen and oxygen atoms in total. The van der Waals surface area contributed by atoms with E-state index in [-0.39, 0.29) is 0 Å². The number of aromatic nitrogens is 2. The molecular formula is C28H22N2. The molecule has 0 fully saturated rings. The van der Waals surface area contributed by atoms with Gasteiger partial charge in [-0.2, -0.15) is 0 Å². The topological polar surface area (TPSA) is 17.8 Å². The summed E-state index contributed by atoms with van der Waals surface area (Å²) in [7, 11) is 2.16. The van der Waals surface area contributed by atoms with Crippen molar-refractivity contribution in [1.29, 1.82) is 0 Å². The Morgan fingerprint density at radius 1 is 0.700 bits per heavy atom. The molecule has 6 rings (SSSR count). The number of fused-ring (bicyclic) bond motifs is 6. The van der Waals surface area contributed by atoms with Crippen LogP contribution >= 0.6 is 0 Å². The van der Waals surface area contributed by atoms with Crippen molar-refractivity contribution in [3.63, 3.8) is 0 Å². The minimum atomic E-state index is 1.05. The van der Waals surface area contributed by atoms with E-state index in [1.165, 1.54) is 54.7 Å². The second kappa shape index (κ2) is 6.17. The fourth-order valence-electron chi connectivity index (χ4n) is 4.83. The fraction of sp³-hybridized carbons (Fsp3) is 0.107. The molecule has 0 aliphatic heterocycles. The van der Waals surface area contributed by atoms with Crippen molar-refractivity contribution in [2.75, 3.05) is 0 Å². The maximum absolute atomic E-state index is 5.26. The van der Waals surface area contributed by atoms with Crippen molar-refractivity contribution >= 4 is 43.5 Å². The number of benzene rings is 4. The third-order valence-corrected chi connectivity index (χ3v) is 6.49. The molecule has 6 aromatic rings. The van der Waals surface area contributed by atoms with Crippen LogP contribution < -0.4 is 0 Å². The number of hydrogen-bond donors (Lipinski definition) is 0. The van der Waals surface area contributed by atoms with Gasteiger partial charge in [0.05, 0.1) is 16.7 Å². The first kappa shape index (κ1) is 17.2. The summed E-state index contributed by atoms with van der Waals surface area (Å²) < 4.78 is 2.31. The maximum Gasteiger partial charge on any atom is 0.0959 e. The van der Waals surface area contributed by atoms with E-state index >= 15 is 0 Å². The van der Waals surface area contributed by atoms with E-state index in [0.717, 1.165) is 11.2 Å². The van der Waals surface area contributed by atoms with Gasteiger partial charge in [-0.15, -0.1) is 0 Å². The molecule has 0 N–H and O–H groups in total. The molecule has 0 spiro atoms. The van der Waals surface area contributed by atoms with Gasteiger partial charge in [0.1, 0.15) is 0 Å². The van der Waals surface area contributed by atoms with E-state index in [9.17, 15) is 0 Å². The van der Waals surface area contributed by atoms with Crippen molar-refractivity contribution in [3.05, 3.63) is 90.0 Å². The standard InChI is InChI=1S/C28H22N2/c1-17-15-23-24(16-18(17)2)29-27(21-13-8-10-19-9-4-5-11-20(19)21)28-26(23)22-12-6-7-14-25(22)30(28)3/h4-16H,1-3H3. The van der Waals surface area contributed by atoms with Crippen LogP contribution in [0.3, 0.4) is 0 Å². The molecule has 0 aliphatic rings. The van der Waals surface area contributed by atoms with Crippen molar-refractivity contribution in [2.24, 2.45) is 7.05 Å². The lowest BCUT2D eigenvalue weighted by Gasteiger charge is -2.13. The van der Waals surface area contributed by atoms with Crippen LogP contribution in [0.15, 0.2) is 78.9 Å². The minimum absolute atomic E-state index is 1.05. The smallest absolute Gasteiger partial charge is 0.0959 e. The average molecular weight is 386 g/mol. The summed E-state index contributed by atoms with van der Waals surface area (Å²) in [5, 5.41) is 6.29. The molecule has 144 valence electrons. The molecule has 0 aliphatic carbocycles. The van der Waals surface area contributed by atoms with E-state index in [4.69, 9.17) is 4.98 Å². The van der Waals surface area contributed by atoms with Gasteiger partial charge in [0.25, 0.3) is 0 Å². The molecule has 30 heavy (non-hydrogen) atoms. The van der Waals surface area contributed by atoms with Crippen LogP contribution in [0.2, 0.25) is 0 Å². The summed E-state index contributed by atoms with van der Waals surface area (Å²) in [5.41, 5.74) is 8.31. The monoisotopic (exact) mass is 386 g/mol. The van der Waals surface area contributed by atoms with Crippen LogP contribution in [0, 0.1) is 13.8 Å². The van der Waals surface area contributed by atoms with Crippen molar-refractivity contribution in [1.82, 2.24) is 9.55 Å². The van der Waals surface area contributed by atoms with E-state index in [1.807, 2.05) is 0 Å². The van der Waals surface area contributed by atoms with Gasteiger partial charge in [-0.3, -0.25) is 0 Å². The third kappa shape index (κ3) is 2.28. The van der Waals surface area contributed by atoms with Gasteiger partial charge in [-0.05, 0) is 53.9 Å². The van der Waals surface area contributed by atoms with Crippen molar-refractivity contribution in [3.8, 4) is 11.3 Å². The third-order valence-electron chi connectivity index (χ3n) is 6.49. The first-order valence-electron chi connectivity index (χ1n) is 10.4. The number of rotatable bonds is 1. The van der Waals surface area contributed by atoms with Crippen LogP contribution in [0.5, 0.6) is 0 Å². The van der Waals surface area contributed by atoms with E-state index in [2.05, 4.69) is 104 Å². The lowest BCUT2D eigenvalue weighted by Crippen LogP contribution is -1.95. The molecule has 2 heterocycles. The van der Waals surface area contributed by atoms with Gasteiger partial charge in [-0.25, -0.2) is 4.98 Å². The fourth-order valence-corrected chi connectivity index (χ4v) is 4.83. The van der Waals surface area contributed by atoms with E-state index < -0.39 is 0 Å². The zero-order valence-electron chi connectivity index (χ0n) is 17.4. The molecule has 4 aromatic carbocycles. The maximum atomic E-state index is 5.26. The number of pyridine rings is 1. The summed E-state index contributed by atoms with van der Waals surface area (Å²) >= 11 is 0. The summed E-state index contributed by atoms with van der Waals surface area (Å²) in [6.07, 6.45) is 0. The highest BCUT2D eigenvalue weighted by Crippen LogP contribution is 2.41. The van der Waals surface area contributed by atoms with Gasteiger partial charge in [-0.1, -0.05) is 60.7 Å². The Morgan fingerprint density at radius 2 is 1.40 bits per heavy atom. The highest BCUT2D eigenvalue weighted by molar-refractivity contribution is 6.23. The molecule has 0 atom stereocenters. The van der Waals surface area contributed by atoms with Crippen LogP contribution in [-0.2, 0) is 7.05 Å². The van der Waals surface area contributed by atoms with E-state index in [1.54, 1.807) is 0 Å². The summed E-state index contributed by atoms with van der Waals surface area (Å²) in [5.74, 6) is 0. The SMILES string of the molecule is Cc1cc2nc(-c3cccc4ccccc34)c3c(c2cc1C)c1ccccc1n3C. The Bertz CT molecular complexity index is 1610. The number of aryl methyl sites for hydroxylation is 3. The summed E-state index contributed by atoms with van der Waals surface area (Å²) in [4.78, 5) is 5.26. The summed E-state index contributed by atoms with van der Waals surface area (Å²) in [6.45, 7) is 4.35. The second-order valence-electron chi connectivity index (χ2n) is 8.24. The molecule has 0 bridgehead atoms. The normalized spacial score (nSPS) is 11.8. The molecule has 0 unspecified atom stereocenters. The zero-order chi connectivity index (χ0) is 20.4. The molecule has 0 saturated heterocycles. The highest BCUT2D eigenvalue weighted by Gasteiger charge is 2.19. The average Bonchev–Trinajstić information content (AvgIpc) is 3.07.